The molecule has 0 spiro atoms. The lowest BCUT2D eigenvalue weighted by Gasteiger charge is -2.85. The maximum Gasteiger partial charge on any atom is 0.303 e. The van der Waals surface area contributed by atoms with Crippen molar-refractivity contribution < 1.29 is 9.90 Å². The van der Waals surface area contributed by atoms with E-state index < -0.39 is 5.97 Å². The minimum atomic E-state index is -0.636. The molecule has 0 aromatic carbocycles. The first-order valence-corrected chi connectivity index (χ1v) is 9.99. The lowest BCUT2D eigenvalue weighted by atomic mass is 9.20. The van der Waals surface area contributed by atoms with Gasteiger partial charge in [-0.25, -0.2) is 0 Å². The van der Waals surface area contributed by atoms with Crippen molar-refractivity contribution >= 4 is 5.97 Å². The molecule has 5 rings (SSSR count). The Morgan fingerprint density at radius 2 is 1.41 bits per heavy atom. The van der Waals surface area contributed by atoms with E-state index in [1.807, 2.05) is 0 Å². The Hall–Kier alpha value is -0.530. The smallest absolute Gasteiger partial charge is 0.303 e. The van der Waals surface area contributed by atoms with E-state index in [9.17, 15) is 4.79 Å². The number of unbranched alkanes of at least 4 members (excludes halogenated alkanes) is 4. The van der Waals surface area contributed by atoms with Crippen molar-refractivity contribution in [3.63, 3.8) is 0 Å². The summed E-state index contributed by atoms with van der Waals surface area (Å²) in [6.45, 7) is 0. The van der Waals surface area contributed by atoms with Crippen molar-refractivity contribution in [1.82, 2.24) is 0 Å². The molecule has 22 heavy (non-hydrogen) atoms. The highest BCUT2D eigenvalue weighted by atomic mass is 16.4. The van der Waals surface area contributed by atoms with Gasteiger partial charge < -0.3 is 5.11 Å². The van der Waals surface area contributed by atoms with Gasteiger partial charge in [0.15, 0.2) is 0 Å². The molecule has 0 bridgehead atoms. The minimum Gasteiger partial charge on any atom is -0.481 e. The van der Waals surface area contributed by atoms with Crippen LogP contribution in [0.3, 0.4) is 0 Å². The van der Waals surface area contributed by atoms with E-state index in [0.29, 0.717) is 6.42 Å². The number of rotatable bonds is 8. The summed E-state index contributed by atoms with van der Waals surface area (Å²) in [5.74, 6) is 10.0. The fraction of sp³-hybridized carbons (Fsp3) is 0.950. The highest BCUT2D eigenvalue weighted by Crippen LogP contribution is 2.84. The van der Waals surface area contributed by atoms with Gasteiger partial charge in [0, 0.05) is 6.42 Å². The number of carbonyl (C=O) groups is 1. The van der Waals surface area contributed by atoms with Gasteiger partial charge in [0.25, 0.3) is 0 Å². The van der Waals surface area contributed by atoms with Crippen LogP contribution in [0.5, 0.6) is 0 Å². The van der Waals surface area contributed by atoms with Gasteiger partial charge in [-0.05, 0) is 78.9 Å². The van der Waals surface area contributed by atoms with Gasteiger partial charge in [-0.3, -0.25) is 4.79 Å². The van der Waals surface area contributed by atoms with Crippen LogP contribution in [0.2, 0.25) is 0 Å². The minimum absolute atomic E-state index is 0.361. The molecule has 0 heterocycles. The third kappa shape index (κ3) is 1.70. The summed E-state index contributed by atoms with van der Waals surface area (Å²) in [6.07, 6.45) is 12.5. The molecule has 5 aliphatic rings. The largest absolute Gasteiger partial charge is 0.481 e. The lowest BCUT2D eigenvalue weighted by Crippen LogP contribution is -2.80. The maximum atomic E-state index is 10.5. The van der Waals surface area contributed by atoms with E-state index >= 15 is 0 Å². The Morgan fingerprint density at radius 3 is 2.14 bits per heavy atom. The molecule has 0 amide bonds. The summed E-state index contributed by atoms with van der Waals surface area (Å²) in [5, 5.41) is 8.62. The van der Waals surface area contributed by atoms with Crippen LogP contribution in [0.25, 0.3) is 0 Å². The standard InChI is InChI=1S/C20H30O2/c21-15(22)7-5-3-1-2-4-6-11-10-14-16(11)20-18-13-9-8-12(13)17(18)19(14)20/h11-14,16-20H,1-10H2,(H,21,22)/t11?,12-,13+,14?,16?,17?,18?,19-,20+/m1/s1. The van der Waals surface area contributed by atoms with Gasteiger partial charge in [-0.1, -0.05) is 32.1 Å². The average molecular weight is 302 g/mol. The van der Waals surface area contributed by atoms with Gasteiger partial charge in [0.1, 0.15) is 0 Å². The number of hydrogen-bond donors (Lipinski definition) is 1. The molecule has 5 unspecified atom stereocenters. The lowest BCUT2D eigenvalue weighted by molar-refractivity contribution is -0.375. The van der Waals surface area contributed by atoms with Crippen LogP contribution in [0, 0.1) is 53.3 Å². The van der Waals surface area contributed by atoms with Gasteiger partial charge >= 0.3 is 5.97 Å². The molecule has 5 fully saturated rings. The van der Waals surface area contributed by atoms with Crippen molar-refractivity contribution in [2.45, 2.75) is 64.2 Å². The molecule has 1 N–H and O–H groups in total. The first-order chi connectivity index (χ1) is 10.8. The maximum absolute atomic E-state index is 10.5. The highest BCUT2D eigenvalue weighted by Gasteiger charge is 2.79. The SMILES string of the molecule is O=C(O)CCCCCCCC1CC2C1[C@H]1C3C([C@@H]21)[C@@H]1CC[C@H]31. The van der Waals surface area contributed by atoms with Gasteiger partial charge in [0.2, 0.25) is 0 Å². The normalized spacial score (nSPS) is 52.3. The molecular formula is C20H30O2. The Morgan fingerprint density at radius 1 is 0.773 bits per heavy atom. The van der Waals surface area contributed by atoms with Crippen molar-refractivity contribution in [1.29, 1.82) is 0 Å². The zero-order chi connectivity index (χ0) is 14.8. The van der Waals surface area contributed by atoms with Gasteiger partial charge in [-0.15, -0.1) is 0 Å². The van der Waals surface area contributed by atoms with Crippen LogP contribution in [-0.4, -0.2) is 11.1 Å². The Kier molecular flexibility index (Phi) is 3.14. The van der Waals surface area contributed by atoms with Crippen LogP contribution in [0.4, 0.5) is 0 Å². The predicted octanol–water partition coefficient (Wildman–Crippen LogP) is 4.59. The van der Waals surface area contributed by atoms with E-state index in [-0.39, 0.29) is 0 Å². The zero-order valence-corrected chi connectivity index (χ0v) is 13.6. The topological polar surface area (TPSA) is 37.3 Å². The second-order valence-corrected chi connectivity index (χ2v) is 9.15. The van der Waals surface area contributed by atoms with Crippen LogP contribution < -0.4 is 0 Å². The van der Waals surface area contributed by atoms with Gasteiger partial charge in [0.05, 0.1) is 0 Å². The molecule has 5 saturated carbocycles. The Balaban J connectivity index is 0.995. The number of carboxylic acids is 1. The summed E-state index contributed by atoms with van der Waals surface area (Å²) in [6, 6.07) is 0. The van der Waals surface area contributed by atoms with E-state index in [1.54, 1.807) is 19.3 Å². The number of fused-ring (bicyclic) bond motifs is 10. The molecule has 122 valence electrons. The van der Waals surface area contributed by atoms with E-state index in [1.165, 1.54) is 73.0 Å². The number of hydrogen-bond acceptors (Lipinski definition) is 1. The van der Waals surface area contributed by atoms with Crippen molar-refractivity contribution in [3.05, 3.63) is 0 Å². The quantitative estimate of drug-likeness (QED) is 0.526. The highest BCUT2D eigenvalue weighted by molar-refractivity contribution is 5.66. The van der Waals surface area contributed by atoms with Crippen LogP contribution in [0.1, 0.15) is 64.2 Å². The number of carboxylic acid groups (broad SMARTS) is 1. The monoisotopic (exact) mass is 302 g/mol. The van der Waals surface area contributed by atoms with Crippen LogP contribution >= 0.6 is 0 Å². The molecular weight excluding hydrogens is 272 g/mol. The summed E-state index contributed by atoms with van der Waals surface area (Å²) in [5.41, 5.74) is 0. The Labute approximate surface area is 134 Å². The van der Waals surface area contributed by atoms with Crippen molar-refractivity contribution in [3.8, 4) is 0 Å². The van der Waals surface area contributed by atoms with Gasteiger partial charge in [-0.2, -0.15) is 0 Å². The fourth-order valence-corrected chi connectivity index (χ4v) is 7.68. The van der Waals surface area contributed by atoms with E-state index in [0.717, 1.165) is 18.8 Å². The fourth-order valence-electron chi connectivity index (χ4n) is 7.68. The second-order valence-electron chi connectivity index (χ2n) is 9.15. The van der Waals surface area contributed by atoms with Crippen LogP contribution in [-0.2, 0) is 4.79 Å². The third-order valence-electron chi connectivity index (χ3n) is 8.67. The molecule has 0 aliphatic heterocycles. The van der Waals surface area contributed by atoms with Crippen LogP contribution in [0.15, 0.2) is 0 Å². The second kappa shape index (κ2) is 4.98. The first-order valence-electron chi connectivity index (χ1n) is 9.99. The molecule has 9 atom stereocenters. The third-order valence-corrected chi connectivity index (χ3v) is 8.67. The summed E-state index contributed by atoms with van der Waals surface area (Å²) < 4.78 is 0. The molecule has 2 nitrogen and oxygen atoms in total. The van der Waals surface area contributed by atoms with Crippen molar-refractivity contribution in [2.75, 3.05) is 0 Å². The summed E-state index contributed by atoms with van der Waals surface area (Å²) >= 11 is 0. The van der Waals surface area contributed by atoms with E-state index in [4.69, 9.17) is 5.11 Å². The van der Waals surface area contributed by atoms with Crippen molar-refractivity contribution in [2.24, 2.45) is 53.3 Å². The number of aliphatic carboxylic acids is 1. The molecule has 0 aromatic rings. The summed E-state index contributed by atoms with van der Waals surface area (Å²) in [4.78, 5) is 10.5. The first kappa shape index (κ1) is 13.9. The Bertz CT molecular complexity index is 466. The average Bonchev–Trinajstić information content (AvgIpc) is 2.44. The molecule has 2 heteroatoms. The molecule has 0 aromatic heterocycles. The predicted molar refractivity (Wildman–Crippen MR) is 85.2 cm³/mol. The zero-order valence-electron chi connectivity index (χ0n) is 13.6. The molecule has 5 aliphatic carbocycles. The molecule has 0 saturated heterocycles. The molecule has 0 radical (unpaired) electrons. The van der Waals surface area contributed by atoms with E-state index in [2.05, 4.69) is 0 Å². The summed E-state index contributed by atoms with van der Waals surface area (Å²) in [7, 11) is 0.